The van der Waals surface area contributed by atoms with Crippen LogP contribution in [-0.2, 0) is 11.3 Å². The summed E-state index contributed by atoms with van der Waals surface area (Å²) in [6.07, 6.45) is 4.71. The molecule has 0 aromatic carbocycles. The van der Waals surface area contributed by atoms with E-state index in [1.807, 2.05) is 16.9 Å². The molecule has 0 spiro atoms. The Balaban J connectivity index is 1.71. The Hall–Kier alpha value is -1.36. The highest BCUT2D eigenvalue weighted by Crippen LogP contribution is 2.13. The van der Waals surface area contributed by atoms with Crippen LogP contribution in [0.4, 0.5) is 0 Å². The van der Waals surface area contributed by atoms with Gasteiger partial charge in [0.2, 0.25) is 5.91 Å². The van der Waals surface area contributed by atoms with Crippen molar-refractivity contribution in [2.75, 3.05) is 13.1 Å². The smallest absolute Gasteiger partial charge is 0.237 e. The summed E-state index contributed by atoms with van der Waals surface area (Å²) in [7, 11) is 0. The lowest BCUT2D eigenvalue weighted by Gasteiger charge is -2.15. The van der Waals surface area contributed by atoms with Crippen LogP contribution in [0.15, 0.2) is 18.5 Å². The molecule has 1 saturated heterocycles. The number of carbonyl (C=O) groups is 1. The van der Waals surface area contributed by atoms with Crippen LogP contribution < -0.4 is 10.6 Å². The van der Waals surface area contributed by atoms with E-state index in [2.05, 4.69) is 22.7 Å². The van der Waals surface area contributed by atoms with Gasteiger partial charge in [-0.1, -0.05) is 6.92 Å². The summed E-state index contributed by atoms with van der Waals surface area (Å²) in [6, 6.07) is 1.86. The first-order chi connectivity index (χ1) is 7.77. The van der Waals surface area contributed by atoms with E-state index in [1.165, 1.54) is 0 Å². The number of aromatic nitrogens is 2. The average molecular weight is 222 g/mol. The Kier molecular flexibility index (Phi) is 3.56. The molecule has 0 bridgehead atoms. The minimum absolute atomic E-state index is 0.0161. The van der Waals surface area contributed by atoms with E-state index in [0.717, 1.165) is 19.5 Å². The van der Waals surface area contributed by atoms with E-state index in [0.29, 0.717) is 12.5 Å². The monoisotopic (exact) mass is 222 g/mol. The molecule has 88 valence electrons. The third-order valence-electron chi connectivity index (χ3n) is 3.01. The first-order valence-corrected chi connectivity index (χ1v) is 5.76. The second-order valence-corrected chi connectivity index (χ2v) is 4.26. The van der Waals surface area contributed by atoms with Crippen LogP contribution >= 0.6 is 0 Å². The van der Waals surface area contributed by atoms with E-state index in [-0.39, 0.29) is 11.9 Å². The number of hydrogen-bond donors (Lipinski definition) is 2. The van der Waals surface area contributed by atoms with Crippen LogP contribution in [0.3, 0.4) is 0 Å². The van der Waals surface area contributed by atoms with Crippen molar-refractivity contribution in [1.29, 1.82) is 0 Å². The molecule has 2 N–H and O–H groups in total. The number of nitrogens with one attached hydrogen (secondary N) is 2. The molecule has 5 heteroatoms. The quantitative estimate of drug-likeness (QED) is 0.753. The number of amides is 1. The van der Waals surface area contributed by atoms with Crippen LogP contribution in [0.2, 0.25) is 0 Å². The van der Waals surface area contributed by atoms with Gasteiger partial charge in [0, 0.05) is 18.9 Å². The van der Waals surface area contributed by atoms with Crippen molar-refractivity contribution in [3.8, 4) is 0 Å². The zero-order valence-corrected chi connectivity index (χ0v) is 9.52. The molecular weight excluding hydrogens is 204 g/mol. The van der Waals surface area contributed by atoms with Crippen molar-refractivity contribution in [2.45, 2.75) is 25.9 Å². The molecule has 2 unspecified atom stereocenters. The topological polar surface area (TPSA) is 59.0 Å². The normalized spacial score (nSPS) is 24.6. The zero-order chi connectivity index (χ0) is 11.4. The van der Waals surface area contributed by atoms with E-state index in [9.17, 15) is 4.79 Å². The molecule has 2 atom stereocenters. The molecule has 1 aromatic heterocycles. The maximum absolute atomic E-state index is 11.8. The van der Waals surface area contributed by atoms with Gasteiger partial charge < -0.3 is 10.6 Å². The third kappa shape index (κ3) is 2.61. The summed E-state index contributed by atoms with van der Waals surface area (Å²) in [6.45, 7) is 4.40. The highest BCUT2D eigenvalue weighted by atomic mass is 16.2. The van der Waals surface area contributed by atoms with Gasteiger partial charge in [0.05, 0.1) is 12.6 Å². The molecule has 0 aliphatic carbocycles. The molecule has 0 radical (unpaired) electrons. The van der Waals surface area contributed by atoms with Gasteiger partial charge in [-0.15, -0.1) is 0 Å². The lowest BCUT2D eigenvalue weighted by molar-refractivity contribution is -0.123. The van der Waals surface area contributed by atoms with E-state index in [1.54, 1.807) is 6.20 Å². The second kappa shape index (κ2) is 5.12. The third-order valence-corrected chi connectivity index (χ3v) is 3.01. The molecule has 2 rings (SSSR count). The van der Waals surface area contributed by atoms with Crippen molar-refractivity contribution in [3.05, 3.63) is 18.5 Å². The Labute approximate surface area is 95.2 Å². The first-order valence-electron chi connectivity index (χ1n) is 5.76. The molecule has 2 heterocycles. The molecule has 1 aliphatic heterocycles. The maximum atomic E-state index is 11.8. The first kappa shape index (κ1) is 11.1. The minimum Gasteiger partial charge on any atom is -0.353 e. The number of rotatable bonds is 4. The Morgan fingerprint density at radius 1 is 1.69 bits per heavy atom. The van der Waals surface area contributed by atoms with Crippen molar-refractivity contribution in [3.63, 3.8) is 0 Å². The highest BCUT2D eigenvalue weighted by molar-refractivity contribution is 5.82. The van der Waals surface area contributed by atoms with Crippen molar-refractivity contribution in [2.24, 2.45) is 5.92 Å². The van der Waals surface area contributed by atoms with Crippen molar-refractivity contribution in [1.82, 2.24) is 20.4 Å². The predicted molar refractivity (Wildman–Crippen MR) is 60.8 cm³/mol. The maximum Gasteiger partial charge on any atom is 0.237 e. The summed E-state index contributed by atoms with van der Waals surface area (Å²) >= 11 is 0. The molecule has 1 fully saturated rings. The van der Waals surface area contributed by atoms with Gasteiger partial charge in [0.15, 0.2) is 0 Å². The van der Waals surface area contributed by atoms with Crippen LogP contribution in [0.5, 0.6) is 0 Å². The summed E-state index contributed by atoms with van der Waals surface area (Å²) in [5, 5.41) is 10.2. The summed E-state index contributed by atoms with van der Waals surface area (Å²) in [5.41, 5.74) is 0. The summed E-state index contributed by atoms with van der Waals surface area (Å²) < 4.78 is 1.81. The Morgan fingerprint density at radius 3 is 3.19 bits per heavy atom. The summed E-state index contributed by atoms with van der Waals surface area (Å²) in [5.74, 6) is 0.543. The van der Waals surface area contributed by atoms with E-state index in [4.69, 9.17) is 0 Å². The Bertz CT molecular complexity index is 336. The number of carbonyl (C=O) groups excluding carboxylic acids is 1. The molecule has 0 saturated carbocycles. The molecule has 1 aromatic rings. The van der Waals surface area contributed by atoms with Gasteiger partial charge >= 0.3 is 0 Å². The van der Waals surface area contributed by atoms with E-state index >= 15 is 0 Å². The van der Waals surface area contributed by atoms with Crippen molar-refractivity contribution >= 4 is 5.91 Å². The van der Waals surface area contributed by atoms with Gasteiger partial charge in [-0.2, -0.15) is 5.10 Å². The predicted octanol–water partition coefficient (Wildman–Crippen LogP) is -0.00270. The number of nitrogens with zero attached hydrogens (tertiary/aromatic N) is 2. The fourth-order valence-electron chi connectivity index (χ4n) is 2.02. The standard InChI is InChI=1S/C11H18N4O/c1-9-3-5-12-10(9)11(16)13-6-8-15-7-2-4-14-15/h2,4,7,9-10,12H,3,5-6,8H2,1H3,(H,13,16). The molecule has 5 nitrogen and oxygen atoms in total. The number of hydrogen-bond acceptors (Lipinski definition) is 3. The van der Waals surface area contributed by atoms with Crippen LogP contribution in [0.25, 0.3) is 0 Å². The molecule has 1 amide bonds. The minimum atomic E-state index is -0.0161. The fourth-order valence-corrected chi connectivity index (χ4v) is 2.02. The fraction of sp³-hybridized carbons (Fsp3) is 0.636. The van der Waals surface area contributed by atoms with Gasteiger partial charge in [-0.05, 0) is 24.9 Å². The molecular formula is C11H18N4O. The molecule has 1 aliphatic rings. The Morgan fingerprint density at radius 2 is 2.56 bits per heavy atom. The SMILES string of the molecule is CC1CCNC1C(=O)NCCn1cccn1. The van der Waals surface area contributed by atoms with Gasteiger partial charge in [0.1, 0.15) is 0 Å². The second-order valence-electron chi connectivity index (χ2n) is 4.26. The highest BCUT2D eigenvalue weighted by Gasteiger charge is 2.28. The summed E-state index contributed by atoms with van der Waals surface area (Å²) in [4.78, 5) is 11.8. The van der Waals surface area contributed by atoms with E-state index < -0.39 is 0 Å². The molecule has 16 heavy (non-hydrogen) atoms. The van der Waals surface area contributed by atoms with Gasteiger partial charge in [-0.3, -0.25) is 9.48 Å². The average Bonchev–Trinajstić information content (AvgIpc) is 2.88. The van der Waals surface area contributed by atoms with Crippen LogP contribution in [0, 0.1) is 5.92 Å². The van der Waals surface area contributed by atoms with Gasteiger partial charge in [-0.25, -0.2) is 0 Å². The van der Waals surface area contributed by atoms with Crippen LogP contribution in [0.1, 0.15) is 13.3 Å². The largest absolute Gasteiger partial charge is 0.353 e. The van der Waals surface area contributed by atoms with Crippen LogP contribution in [-0.4, -0.2) is 34.8 Å². The van der Waals surface area contributed by atoms with Gasteiger partial charge in [0.25, 0.3) is 0 Å². The lowest BCUT2D eigenvalue weighted by Crippen LogP contribution is -2.44. The lowest BCUT2D eigenvalue weighted by atomic mass is 10.0. The van der Waals surface area contributed by atoms with Crippen molar-refractivity contribution < 1.29 is 4.79 Å². The zero-order valence-electron chi connectivity index (χ0n) is 9.52.